The van der Waals surface area contributed by atoms with Crippen molar-refractivity contribution in [1.82, 2.24) is 9.80 Å². The molecular weight excluding hydrogens is 459 g/mol. The van der Waals surface area contributed by atoms with Crippen LogP contribution in [0.15, 0.2) is 48.5 Å². The first-order valence-electron chi connectivity index (χ1n) is 11.7. The first-order chi connectivity index (χ1) is 16.0. The van der Waals surface area contributed by atoms with Crippen molar-refractivity contribution < 1.29 is 14.3 Å². The predicted octanol–water partition coefficient (Wildman–Crippen LogP) is 5.70. The maximum absolute atomic E-state index is 13.4. The molecule has 5 nitrogen and oxygen atoms in total. The molecule has 0 spiro atoms. The minimum atomic E-state index is -0.466. The molecule has 2 heterocycles. The number of hydrogen-bond acceptors (Lipinski definition) is 3. The normalized spacial score (nSPS) is 21.0. The number of halogens is 2. The highest BCUT2D eigenvalue weighted by molar-refractivity contribution is 6.39. The van der Waals surface area contributed by atoms with Crippen LogP contribution >= 0.6 is 23.2 Å². The van der Waals surface area contributed by atoms with Gasteiger partial charge in [-0.25, -0.2) is 0 Å². The van der Waals surface area contributed by atoms with Crippen molar-refractivity contribution in [3.63, 3.8) is 0 Å². The van der Waals surface area contributed by atoms with Crippen molar-refractivity contribution in [1.29, 1.82) is 0 Å². The highest BCUT2D eigenvalue weighted by Gasteiger charge is 2.41. The zero-order valence-electron chi connectivity index (χ0n) is 18.8. The number of carbonyl (C=O) groups is 2. The molecule has 33 heavy (non-hydrogen) atoms. The van der Waals surface area contributed by atoms with Crippen molar-refractivity contribution in [2.75, 3.05) is 32.8 Å². The summed E-state index contributed by atoms with van der Waals surface area (Å²) in [4.78, 5) is 30.4. The van der Waals surface area contributed by atoms with E-state index in [1.165, 1.54) is 6.42 Å². The van der Waals surface area contributed by atoms with Gasteiger partial charge in [0, 0.05) is 38.0 Å². The molecule has 0 aliphatic carbocycles. The topological polar surface area (TPSA) is 49.9 Å². The summed E-state index contributed by atoms with van der Waals surface area (Å²) in [6.07, 6.45) is 5.25. The standard InChI is InChI=1S/C26H30Cl2N2O3/c27-21-11-7-12-22(28)24(21)25(32)30-16-8-13-26(18-30,19-33-20-9-3-1-4-10-20)17-23(31)29-14-5-2-6-15-29/h1,3-4,7,9-12H,2,5-6,8,13-19H2. The molecule has 2 aliphatic rings. The van der Waals surface area contributed by atoms with Crippen LogP contribution in [0, 0.1) is 5.41 Å². The fraction of sp³-hybridized carbons (Fsp3) is 0.462. The molecule has 0 radical (unpaired) electrons. The summed E-state index contributed by atoms with van der Waals surface area (Å²) in [5.74, 6) is 0.719. The number of benzene rings is 2. The molecule has 0 bridgehead atoms. The number of rotatable bonds is 6. The van der Waals surface area contributed by atoms with Gasteiger partial charge < -0.3 is 14.5 Å². The first kappa shape index (κ1) is 23.9. The van der Waals surface area contributed by atoms with E-state index in [9.17, 15) is 9.59 Å². The highest BCUT2D eigenvalue weighted by atomic mass is 35.5. The molecule has 4 rings (SSSR count). The lowest BCUT2D eigenvalue weighted by molar-refractivity contribution is -0.136. The second-order valence-corrected chi connectivity index (χ2v) is 9.96. The van der Waals surface area contributed by atoms with Gasteiger partial charge in [-0.3, -0.25) is 9.59 Å². The molecule has 2 amide bonds. The molecule has 2 fully saturated rings. The maximum Gasteiger partial charge on any atom is 0.256 e. The van der Waals surface area contributed by atoms with Crippen LogP contribution in [0.2, 0.25) is 10.0 Å². The zero-order chi connectivity index (χ0) is 23.3. The average molecular weight is 489 g/mol. The Balaban J connectivity index is 1.56. The van der Waals surface area contributed by atoms with Crippen LogP contribution in [0.4, 0.5) is 0 Å². The second kappa shape index (κ2) is 10.8. The van der Waals surface area contributed by atoms with Gasteiger partial charge in [0.15, 0.2) is 0 Å². The van der Waals surface area contributed by atoms with Crippen LogP contribution in [0.3, 0.4) is 0 Å². The number of para-hydroxylation sites is 1. The first-order valence-corrected chi connectivity index (χ1v) is 12.4. The number of carbonyl (C=O) groups excluding carboxylic acids is 2. The van der Waals surface area contributed by atoms with Gasteiger partial charge in [-0.2, -0.15) is 0 Å². The van der Waals surface area contributed by atoms with Gasteiger partial charge in [0.05, 0.1) is 22.2 Å². The van der Waals surface area contributed by atoms with E-state index in [0.29, 0.717) is 41.7 Å². The minimum absolute atomic E-state index is 0.149. The van der Waals surface area contributed by atoms with E-state index in [2.05, 4.69) is 0 Å². The molecule has 2 aliphatic heterocycles. The lowest BCUT2D eigenvalue weighted by Gasteiger charge is -2.43. The van der Waals surface area contributed by atoms with E-state index >= 15 is 0 Å². The maximum atomic E-state index is 13.4. The number of nitrogens with zero attached hydrogens (tertiary/aromatic N) is 2. The van der Waals surface area contributed by atoms with E-state index in [4.69, 9.17) is 27.9 Å². The third-order valence-electron chi connectivity index (χ3n) is 6.65. The molecule has 1 atom stereocenters. The molecule has 2 aromatic carbocycles. The van der Waals surface area contributed by atoms with Crippen molar-refractivity contribution in [3.8, 4) is 5.75 Å². The Kier molecular flexibility index (Phi) is 7.82. The lowest BCUT2D eigenvalue weighted by atomic mass is 9.77. The lowest BCUT2D eigenvalue weighted by Crippen LogP contribution is -2.51. The number of likely N-dealkylation sites (tertiary alicyclic amines) is 2. The van der Waals surface area contributed by atoms with Crippen LogP contribution in [0.5, 0.6) is 5.75 Å². The summed E-state index contributed by atoms with van der Waals surface area (Å²) >= 11 is 12.6. The minimum Gasteiger partial charge on any atom is -0.493 e. The Labute approximate surface area is 205 Å². The molecule has 7 heteroatoms. The number of piperidine rings is 2. The fourth-order valence-corrected chi connectivity index (χ4v) is 5.44. The van der Waals surface area contributed by atoms with Crippen molar-refractivity contribution in [2.45, 2.75) is 38.5 Å². The molecule has 2 saturated heterocycles. The summed E-state index contributed by atoms with van der Waals surface area (Å²) in [5.41, 5.74) is -0.144. The van der Waals surface area contributed by atoms with Crippen molar-refractivity contribution >= 4 is 35.0 Å². The van der Waals surface area contributed by atoms with Crippen molar-refractivity contribution in [2.24, 2.45) is 5.41 Å². The van der Waals surface area contributed by atoms with Crippen LogP contribution in [-0.2, 0) is 4.79 Å². The highest BCUT2D eigenvalue weighted by Crippen LogP contribution is 2.37. The third-order valence-corrected chi connectivity index (χ3v) is 7.28. The third kappa shape index (κ3) is 5.82. The summed E-state index contributed by atoms with van der Waals surface area (Å²) in [7, 11) is 0. The zero-order valence-corrected chi connectivity index (χ0v) is 20.3. The Morgan fingerprint density at radius 3 is 2.21 bits per heavy atom. The summed E-state index contributed by atoms with van der Waals surface area (Å²) in [5, 5.41) is 0.683. The van der Waals surface area contributed by atoms with E-state index in [1.807, 2.05) is 35.2 Å². The second-order valence-electron chi connectivity index (χ2n) is 9.15. The Hall–Kier alpha value is -2.24. The van der Waals surface area contributed by atoms with Gasteiger partial charge >= 0.3 is 0 Å². The largest absolute Gasteiger partial charge is 0.493 e. The van der Waals surface area contributed by atoms with Crippen LogP contribution in [0.25, 0.3) is 0 Å². The van der Waals surface area contributed by atoms with Crippen LogP contribution in [0.1, 0.15) is 48.9 Å². The average Bonchev–Trinajstić information content (AvgIpc) is 2.84. The molecule has 1 unspecified atom stereocenters. The number of hydrogen-bond donors (Lipinski definition) is 0. The van der Waals surface area contributed by atoms with Crippen molar-refractivity contribution in [3.05, 3.63) is 64.1 Å². The Morgan fingerprint density at radius 2 is 1.52 bits per heavy atom. The quantitative estimate of drug-likeness (QED) is 0.523. The molecule has 0 aromatic heterocycles. The Morgan fingerprint density at radius 1 is 0.848 bits per heavy atom. The predicted molar refractivity (Wildman–Crippen MR) is 131 cm³/mol. The molecule has 0 saturated carbocycles. The van der Waals surface area contributed by atoms with E-state index in [-0.39, 0.29) is 11.8 Å². The van der Waals surface area contributed by atoms with Gasteiger partial charge in [0.2, 0.25) is 5.91 Å². The number of ether oxygens (including phenoxy) is 1. The van der Waals surface area contributed by atoms with Gasteiger partial charge in [-0.05, 0) is 56.4 Å². The Bertz CT molecular complexity index is 959. The summed E-state index contributed by atoms with van der Waals surface area (Å²) in [6, 6.07) is 14.7. The van der Waals surface area contributed by atoms with Gasteiger partial charge in [-0.1, -0.05) is 47.5 Å². The monoisotopic (exact) mass is 488 g/mol. The SMILES string of the molecule is O=C(CC1(COc2ccccc2)CCCN(C(=O)c2c(Cl)cccc2Cl)C1)N1CCCCC1. The molecule has 2 aromatic rings. The smallest absolute Gasteiger partial charge is 0.256 e. The van der Waals surface area contributed by atoms with E-state index < -0.39 is 5.41 Å². The van der Waals surface area contributed by atoms with Crippen LogP contribution < -0.4 is 4.74 Å². The van der Waals surface area contributed by atoms with Gasteiger partial charge in [-0.15, -0.1) is 0 Å². The molecular formula is C26H30Cl2N2O3. The molecule has 0 N–H and O–H groups in total. The summed E-state index contributed by atoms with van der Waals surface area (Å²) in [6.45, 7) is 3.03. The van der Waals surface area contributed by atoms with E-state index in [0.717, 1.165) is 44.5 Å². The fourth-order valence-electron chi connectivity index (χ4n) is 4.88. The van der Waals surface area contributed by atoms with Gasteiger partial charge in [0.1, 0.15) is 5.75 Å². The van der Waals surface area contributed by atoms with Crippen LogP contribution in [-0.4, -0.2) is 54.4 Å². The molecule has 176 valence electrons. The van der Waals surface area contributed by atoms with Gasteiger partial charge in [0.25, 0.3) is 5.91 Å². The summed E-state index contributed by atoms with van der Waals surface area (Å²) < 4.78 is 6.16. The van der Waals surface area contributed by atoms with E-state index in [1.54, 1.807) is 23.1 Å². The number of amides is 2.